The molecule has 0 aliphatic heterocycles. The molecule has 1 atom stereocenters. The number of hydrogen-bond acceptors (Lipinski definition) is 6. The molecule has 18 heavy (non-hydrogen) atoms. The molecule has 0 aliphatic carbocycles. The van der Waals surface area contributed by atoms with Gasteiger partial charge in [0.05, 0.1) is 22.2 Å². The molecule has 0 radical (unpaired) electrons. The first-order chi connectivity index (χ1) is 8.70. The third-order valence-corrected chi connectivity index (χ3v) is 4.10. The predicted octanol–water partition coefficient (Wildman–Crippen LogP) is 1.58. The second kappa shape index (κ2) is 6.06. The van der Waals surface area contributed by atoms with E-state index in [0.29, 0.717) is 11.6 Å². The summed E-state index contributed by atoms with van der Waals surface area (Å²) >= 11 is 3.07. The summed E-state index contributed by atoms with van der Waals surface area (Å²) in [4.78, 5) is 15.4. The molecule has 4 nitrogen and oxygen atoms in total. The van der Waals surface area contributed by atoms with Crippen molar-refractivity contribution in [2.45, 2.75) is 12.5 Å². The smallest absolute Gasteiger partial charge is 0.184 e. The maximum Gasteiger partial charge on any atom is 0.184 e. The van der Waals surface area contributed by atoms with Gasteiger partial charge in [-0.25, -0.2) is 4.98 Å². The van der Waals surface area contributed by atoms with Crippen LogP contribution in [0.3, 0.4) is 0 Å². The van der Waals surface area contributed by atoms with Crippen LogP contribution in [0.4, 0.5) is 5.13 Å². The number of nitrogens with one attached hydrogen (secondary N) is 1. The van der Waals surface area contributed by atoms with E-state index in [9.17, 15) is 9.90 Å². The van der Waals surface area contributed by atoms with Crippen LogP contribution in [0.25, 0.3) is 10.2 Å². The second-order valence-corrected chi connectivity index (χ2v) is 5.80. The molecule has 1 aromatic carbocycles. The lowest BCUT2D eigenvalue weighted by Gasteiger charge is -2.18. The van der Waals surface area contributed by atoms with Gasteiger partial charge in [-0.3, -0.25) is 0 Å². The summed E-state index contributed by atoms with van der Waals surface area (Å²) in [5.74, 6) is -0.306. The zero-order valence-electron chi connectivity index (χ0n) is 9.88. The number of carbonyl (C=O) groups excluding carboxylic acids is 1. The molecule has 0 saturated carbocycles. The Bertz CT molecular complexity index is 509. The van der Waals surface area contributed by atoms with Gasteiger partial charge in [0.15, 0.2) is 5.13 Å². The third-order valence-electron chi connectivity index (χ3n) is 2.49. The Morgan fingerprint density at radius 3 is 3.00 bits per heavy atom. The summed E-state index contributed by atoms with van der Waals surface area (Å²) in [5, 5.41) is 14.6. The fourth-order valence-corrected chi connectivity index (χ4v) is 2.96. The van der Waals surface area contributed by atoms with Crippen LogP contribution < -0.4 is 10.4 Å². The first-order valence-corrected chi connectivity index (χ1v) is 7.73. The van der Waals surface area contributed by atoms with E-state index in [1.165, 1.54) is 11.3 Å². The van der Waals surface area contributed by atoms with Crippen molar-refractivity contribution in [1.29, 1.82) is 0 Å². The summed E-state index contributed by atoms with van der Waals surface area (Å²) in [6.45, 7) is 0. The van der Waals surface area contributed by atoms with Crippen LogP contribution in [-0.2, 0) is 4.79 Å². The van der Waals surface area contributed by atoms with E-state index in [4.69, 9.17) is 0 Å². The van der Waals surface area contributed by atoms with E-state index in [1.807, 2.05) is 30.5 Å². The largest absolute Gasteiger partial charge is 0.548 e. The minimum Gasteiger partial charge on any atom is -0.548 e. The highest BCUT2D eigenvalue weighted by Crippen LogP contribution is 2.26. The van der Waals surface area contributed by atoms with Crippen molar-refractivity contribution < 1.29 is 9.90 Å². The average molecular weight is 281 g/mol. The third kappa shape index (κ3) is 3.14. The van der Waals surface area contributed by atoms with Crippen LogP contribution in [0.15, 0.2) is 24.3 Å². The molecule has 0 aliphatic rings. The van der Waals surface area contributed by atoms with Gasteiger partial charge in [-0.2, -0.15) is 11.8 Å². The number of carbonyl (C=O) groups is 1. The molecule has 96 valence electrons. The average Bonchev–Trinajstić information content (AvgIpc) is 2.76. The maximum atomic E-state index is 11.0. The van der Waals surface area contributed by atoms with Crippen molar-refractivity contribution in [3.8, 4) is 0 Å². The number of para-hydroxylation sites is 1. The monoisotopic (exact) mass is 281 g/mol. The highest BCUT2D eigenvalue weighted by atomic mass is 32.2. The molecular formula is C12H13N2O2S2-. The van der Waals surface area contributed by atoms with Crippen molar-refractivity contribution in [1.82, 2.24) is 4.98 Å². The summed E-state index contributed by atoms with van der Waals surface area (Å²) in [6, 6.07) is 7.04. The molecule has 2 rings (SSSR count). The number of hydrogen-bond donors (Lipinski definition) is 1. The number of fused-ring (bicyclic) bond motifs is 1. The number of aromatic nitrogens is 1. The van der Waals surface area contributed by atoms with Gasteiger partial charge in [-0.15, -0.1) is 0 Å². The highest BCUT2D eigenvalue weighted by molar-refractivity contribution is 7.98. The SMILES string of the molecule is CSCC[C@@H](Nc1nc2ccccc2s1)C(=O)[O-]. The molecule has 0 unspecified atom stereocenters. The number of nitrogens with zero attached hydrogens (tertiary/aromatic N) is 1. The van der Waals surface area contributed by atoms with Gasteiger partial charge < -0.3 is 15.2 Å². The number of carboxylic acids is 1. The second-order valence-electron chi connectivity index (χ2n) is 3.78. The fraction of sp³-hybridized carbons (Fsp3) is 0.333. The van der Waals surface area contributed by atoms with Crippen molar-refractivity contribution in [3.63, 3.8) is 0 Å². The van der Waals surface area contributed by atoms with Crippen LogP contribution in [0.1, 0.15) is 6.42 Å². The quantitative estimate of drug-likeness (QED) is 0.871. The predicted molar refractivity (Wildman–Crippen MR) is 75.0 cm³/mol. The fourth-order valence-electron chi connectivity index (χ4n) is 1.57. The van der Waals surface area contributed by atoms with E-state index in [1.54, 1.807) is 11.8 Å². The van der Waals surface area contributed by atoms with Crippen LogP contribution in [0.2, 0.25) is 0 Å². The van der Waals surface area contributed by atoms with E-state index < -0.39 is 12.0 Å². The number of benzene rings is 1. The minimum atomic E-state index is -1.08. The van der Waals surface area contributed by atoms with E-state index >= 15 is 0 Å². The van der Waals surface area contributed by atoms with Crippen molar-refractivity contribution in [2.24, 2.45) is 0 Å². The lowest BCUT2D eigenvalue weighted by atomic mass is 10.2. The topological polar surface area (TPSA) is 65.0 Å². The molecular weight excluding hydrogens is 268 g/mol. The van der Waals surface area contributed by atoms with Gasteiger partial charge in [-0.05, 0) is 30.6 Å². The molecule has 0 saturated heterocycles. The molecule has 0 bridgehead atoms. The molecule has 1 heterocycles. The zero-order valence-corrected chi connectivity index (χ0v) is 11.5. The van der Waals surface area contributed by atoms with Crippen molar-refractivity contribution >= 4 is 44.4 Å². The number of thioether (sulfide) groups is 1. The number of anilines is 1. The van der Waals surface area contributed by atoms with Gasteiger partial charge >= 0.3 is 0 Å². The first-order valence-electron chi connectivity index (χ1n) is 5.52. The van der Waals surface area contributed by atoms with Gasteiger partial charge in [-0.1, -0.05) is 23.5 Å². The van der Waals surface area contributed by atoms with Crippen LogP contribution in [0, 0.1) is 0 Å². The van der Waals surface area contributed by atoms with Gasteiger partial charge in [0.25, 0.3) is 0 Å². The molecule has 6 heteroatoms. The molecule has 1 N–H and O–H groups in total. The highest BCUT2D eigenvalue weighted by Gasteiger charge is 2.12. The lowest BCUT2D eigenvalue weighted by Crippen LogP contribution is -2.41. The molecule has 0 fully saturated rings. The molecule has 0 spiro atoms. The van der Waals surface area contributed by atoms with E-state index in [2.05, 4.69) is 10.3 Å². The van der Waals surface area contributed by atoms with Crippen molar-refractivity contribution in [2.75, 3.05) is 17.3 Å². The Labute approximate surface area is 113 Å². The Kier molecular flexibility index (Phi) is 4.43. The molecule has 0 amide bonds. The van der Waals surface area contributed by atoms with Crippen LogP contribution in [-0.4, -0.2) is 29.0 Å². The Morgan fingerprint density at radius 2 is 2.33 bits per heavy atom. The maximum absolute atomic E-state index is 11.0. The van der Waals surface area contributed by atoms with E-state index in [0.717, 1.165) is 16.0 Å². The van der Waals surface area contributed by atoms with Crippen molar-refractivity contribution in [3.05, 3.63) is 24.3 Å². The summed E-state index contributed by atoms with van der Waals surface area (Å²) < 4.78 is 1.04. The Balaban J connectivity index is 2.12. The Morgan fingerprint density at radius 1 is 1.56 bits per heavy atom. The van der Waals surface area contributed by atoms with Gasteiger partial charge in [0.1, 0.15) is 0 Å². The van der Waals surface area contributed by atoms with Gasteiger partial charge in [0.2, 0.25) is 0 Å². The van der Waals surface area contributed by atoms with Crippen LogP contribution >= 0.6 is 23.1 Å². The van der Waals surface area contributed by atoms with Gasteiger partial charge in [0, 0.05) is 0 Å². The summed E-state index contributed by atoms with van der Waals surface area (Å²) in [7, 11) is 0. The standard InChI is InChI=1S/C12H14N2O2S2/c1-17-7-6-9(11(15)16)14-12-13-8-4-2-3-5-10(8)18-12/h2-5,9H,6-7H2,1H3,(H,13,14)(H,15,16)/p-1/t9-/m1/s1. The Hall–Kier alpha value is -1.27. The van der Waals surface area contributed by atoms with E-state index in [-0.39, 0.29) is 0 Å². The first kappa shape index (κ1) is 13.2. The minimum absolute atomic E-state index is 0.527. The number of aliphatic carboxylic acids is 1. The molecule has 1 aromatic heterocycles. The lowest BCUT2D eigenvalue weighted by molar-refractivity contribution is -0.306. The number of thiazole rings is 1. The summed E-state index contributed by atoms with van der Waals surface area (Å²) in [6.07, 6.45) is 2.48. The number of rotatable bonds is 6. The molecule has 2 aromatic rings. The van der Waals surface area contributed by atoms with Crippen LogP contribution in [0.5, 0.6) is 0 Å². The number of carboxylic acid groups (broad SMARTS) is 1. The zero-order chi connectivity index (χ0) is 13.0. The normalized spacial score (nSPS) is 12.5. The summed E-state index contributed by atoms with van der Waals surface area (Å²) in [5.41, 5.74) is 0.881.